The number of amides is 1. The molecule has 1 amide bonds. The van der Waals surface area contributed by atoms with Crippen molar-refractivity contribution in [2.75, 3.05) is 32.0 Å². The molecule has 7 nitrogen and oxygen atoms in total. The maximum absolute atomic E-state index is 11.1. The van der Waals surface area contributed by atoms with Gasteiger partial charge in [0.15, 0.2) is 0 Å². The zero-order chi connectivity index (χ0) is 16.1. The van der Waals surface area contributed by atoms with E-state index in [1.807, 2.05) is 36.5 Å². The molecular formula is C15H18N6OS. The number of hydrogen-bond acceptors (Lipinski definition) is 6. The molecule has 0 atom stereocenters. The van der Waals surface area contributed by atoms with Gasteiger partial charge in [-0.05, 0) is 0 Å². The van der Waals surface area contributed by atoms with E-state index in [-0.39, 0.29) is 5.91 Å². The average Bonchev–Trinajstić information content (AvgIpc) is 3.13. The monoisotopic (exact) mass is 330 g/mol. The Kier molecular flexibility index (Phi) is 4.84. The van der Waals surface area contributed by atoms with Crippen LogP contribution in [0, 0.1) is 0 Å². The summed E-state index contributed by atoms with van der Waals surface area (Å²) in [6.45, 7) is 1.70. The maximum Gasteiger partial charge on any atom is 0.233 e. The highest BCUT2D eigenvalue weighted by Gasteiger charge is 2.09. The van der Waals surface area contributed by atoms with Crippen LogP contribution in [0.2, 0.25) is 0 Å². The van der Waals surface area contributed by atoms with E-state index in [4.69, 9.17) is 0 Å². The molecule has 0 saturated heterocycles. The third kappa shape index (κ3) is 3.85. The summed E-state index contributed by atoms with van der Waals surface area (Å²) in [5.74, 6) is -0.0221. The Morgan fingerprint density at radius 1 is 1.26 bits per heavy atom. The molecule has 3 N–H and O–H groups in total. The predicted molar refractivity (Wildman–Crippen MR) is 91.7 cm³/mol. The van der Waals surface area contributed by atoms with Crippen LogP contribution in [0.4, 0.5) is 5.13 Å². The van der Waals surface area contributed by atoms with Gasteiger partial charge < -0.3 is 16.0 Å². The van der Waals surface area contributed by atoms with Crippen molar-refractivity contribution in [2.45, 2.75) is 0 Å². The van der Waals surface area contributed by atoms with Crippen LogP contribution in [-0.4, -0.2) is 47.2 Å². The Morgan fingerprint density at radius 3 is 2.83 bits per heavy atom. The first-order chi connectivity index (χ1) is 11.3. The van der Waals surface area contributed by atoms with Gasteiger partial charge in [0.05, 0.1) is 18.4 Å². The predicted octanol–water partition coefficient (Wildman–Crippen LogP) is 1.21. The number of aromatic nitrogens is 3. The summed E-state index contributed by atoms with van der Waals surface area (Å²) < 4.78 is 1.79. The molecular weight excluding hydrogens is 312 g/mol. The number of anilines is 1. The Bertz CT molecular complexity index is 750. The molecule has 0 unspecified atom stereocenters. The second kappa shape index (κ2) is 7.21. The van der Waals surface area contributed by atoms with Crippen LogP contribution in [0.5, 0.6) is 0 Å². The summed E-state index contributed by atoms with van der Waals surface area (Å²) in [7, 11) is 1.62. The van der Waals surface area contributed by atoms with Crippen molar-refractivity contribution in [1.29, 1.82) is 0 Å². The van der Waals surface area contributed by atoms with Gasteiger partial charge in [0.2, 0.25) is 16.0 Å². The average molecular weight is 330 g/mol. The normalized spacial score (nSPS) is 10.8. The van der Waals surface area contributed by atoms with Crippen LogP contribution in [0.25, 0.3) is 16.2 Å². The molecule has 0 spiro atoms. The van der Waals surface area contributed by atoms with Crippen molar-refractivity contribution < 1.29 is 4.79 Å². The Hall–Kier alpha value is -2.45. The third-order valence-electron chi connectivity index (χ3n) is 3.26. The Balaban J connectivity index is 1.55. The quantitative estimate of drug-likeness (QED) is 0.567. The summed E-state index contributed by atoms with van der Waals surface area (Å²) in [5.41, 5.74) is 2.00. The molecule has 8 heteroatoms. The first-order valence-corrected chi connectivity index (χ1v) is 8.15. The first kappa shape index (κ1) is 15.4. The fourth-order valence-corrected chi connectivity index (χ4v) is 2.87. The van der Waals surface area contributed by atoms with Gasteiger partial charge in [-0.25, -0.2) is 9.50 Å². The summed E-state index contributed by atoms with van der Waals surface area (Å²) in [6, 6.07) is 10.0. The molecule has 0 radical (unpaired) electrons. The first-order valence-electron chi connectivity index (χ1n) is 7.33. The van der Waals surface area contributed by atoms with E-state index in [0.29, 0.717) is 19.6 Å². The smallest absolute Gasteiger partial charge is 0.233 e. The fourth-order valence-electron chi connectivity index (χ4n) is 2.07. The third-order valence-corrected chi connectivity index (χ3v) is 4.14. The number of imidazole rings is 1. The second-order valence-electron chi connectivity index (χ2n) is 4.90. The van der Waals surface area contributed by atoms with E-state index in [2.05, 4.69) is 26.0 Å². The summed E-state index contributed by atoms with van der Waals surface area (Å²) in [6.07, 6.45) is 1.93. The molecule has 120 valence electrons. The lowest BCUT2D eigenvalue weighted by atomic mass is 10.2. The molecule has 3 aromatic rings. The highest BCUT2D eigenvalue weighted by molar-refractivity contribution is 7.20. The van der Waals surface area contributed by atoms with Crippen molar-refractivity contribution in [1.82, 2.24) is 25.2 Å². The van der Waals surface area contributed by atoms with Gasteiger partial charge in [-0.1, -0.05) is 41.7 Å². The van der Waals surface area contributed by atoms with Gasteiger partial charge in [0.25, 0.3) is 0 Å². The zero-order valence-electron chi connectivity index (χ0n) is 12.7. The molecule has 0 aliphatic carbocycles. The highest BCUT2D eigenvalue weighted by atomic mass is 32.1. The molecule has 0 fully saturated rings. The van der Waals surface area contributed by atoms with Crippen molar-refractivity contribution in [3.63, 3.8) is 0 Å². The lowest BCUT2D eigenvalue weighted by Crippen LogP contribution is -2.33. The van der Waals surface area contributed by atoms with Crippen LogP contribution < -0.4 is 16.0 Å². The minimum absolute atomic E-state index is 0.0221. The number of carbonyl (C=O) groups is 1. The molecule has 0 bridgehead atoms. The summed E-state index contributed by atoms with van der Waals surface area (Å²) >= 11 is 1.50. The largest absolute Gasteiger partial charge is 0.359 e. The van der Waals surface area contributed by atoms with E-state index in [1.165, 1.54) is 11.3 Å². The lowest BCUT2D eigenvalue weighted by Gasteiger charge is -2.04. The van der Waals surface area contributed by atoms with Gasteiger partial charge in [0.1, 0.15) is 0 Å². The fraction of sp³-hybridized carbons (Fsp3) is 0.267. The van der Waals surface area contributed by atoms with Crippen molar-refractivity contribution in [3.05, 3.63) is 36.5 Å². The van der Waals surface area contributed by atoms with Crippen LogP contribution in [0.3, 0.4) is 0 Å². The molecule has 0 aliphatic rings. The number of fused-ring (bicyclic) bond motifs is 1. The maximum atomic E-state index is 11.1. The van der Waals surface area contributed by atoms with Gasteiger partial charge in [-0.15, -0.1) is 5.10 Å². The van der Waals surface area contributed by atoms with Crippen molar-refractivity contribution in [2.24, 2.45) is 0 Å². The minimum atomic E-state index is -0.0221. The standard InChI is InChI=1S/C15H18N6OS/c1-16-13(22)9-17-7-8-18-14-20-21-10-12(19-15(21)23-14)11-5-3-2-4-6-11/h2-6,10,17H,7-9H2,1H3,(H,16,22)(H,18,20). The molecule has 23 heavy (non-hydrogen) atoms. The molecule has 2 heterocycles. The van der Waals surface area contributed by atoms with Crippen LogP contribution in [0.1, 0.15) is 0 Å². The number of rotatable bonds is 7. The van der Waals surface area contributed by atoms with E-state index in [0.717, 1.165) is 21.3 Å². The SMILES string of the molecule is CNC(=O)CNCCNc1nn2cc(-c3ccccc3)nc2s1. The number of nitrogens with zero attached hydrogens (tertiary/aromatic N) is 3. The molecule has 2 aromatic heterocycles. The van der Waals surface area contributed by atoms with Crippen LogP contribution >= 0.6 is 11.3 Å². The van der Waals surface area contributed by atoms with E-state index < -0.39 is 0 Å². The Morgan fingerprint density at radius 2 is 2.09 bits per heavy atom. The second-order valence-corrected chi connectivity index (χ2v) is 5.86. The van der Waals surface area contributed by atoms with E-state index >= 15 is 0 Å². The Labute approximate surface area is 137 Å². The van der Waals surface area contributed by atoms with E-state index in [9.17, 15) is 4.79 Å². The van der Waals surface area contributed by atoms with Gasteiger partial charge in [0, 0.05) is 25.7 Å². The van der Waals surface area contributed by atoms with Crippen LogP contribution in [0.15, 0.2) is 36.5 Å². The number of likely N-dealkylation sites (N-methyl/N-ethyl adjacent to an activating group) is 1. The topological polar surface area (TPSA) is 83.4 Å². The molecule has 3 rings (SSSR count). The van der Waals surface area contributed by atoms with Gasteiger partial charge in [-0.3, -0.25) is 4.79 Å². The number of benzene rings is 1. The zero-order valence-corrected chi connectivity index (χ0v) is 13.6. The van der Waals surface area contributed by atoms with Gasteiger partial charge >= 0.3 is 0 Å². The lowest BCUT2D eigenvalue weighted by molar-refractivity contribution is -0.119. The number of hydrogen-bond donors (Lipinski definition) is 3. The van der Waals surface area contributed by atoms with Gasteiger partial charge in [-0.2, -0.15) is 0 Å². The number of nitrogens with one attached hydrogen (secondary N) is 3. The van der Waals surface area contributed by atoms with Crippen LogP contribution in [-0.2, 0) is 4.79 Å². The summed E-state index contributed by atoms with van der Waals surface area (Å²) in [5, 5.41) is 14.1. The highest BCUT2D eigenvalue weighted by Crippen LogP contribution is 2.23. The summed E-state index contributed by atoms with van der Waals surface area (Å²) in [4.78, 5) is 16.5. The molecule has 0 saturated carbocycles. The molecule has 1 aromatic carbocycles. The van der Waals surface area contributed by atoms with Crippen molar-refractivity contribution >= 4 is 27.3 Å². The van der Waals surface area contributed by atoms with Crippen molar-refractivity contribution in [3.8, 4) is 11.3 Å². The number of carbonyl (C=O) groups excluding carboxylic acids is 1. The molecule has 0 aliphatic heterocycles. The van der Waals surface area contributed by atoms with E-state index in [1.54, 1.807) is 11.6 Å². The minimum Gasteiger partial charge on any atom is -0.359 e.